The monoisotopic (exact) mass is 412 g/mol. The summed E-state index contributed by atoms with van der Waals surface area (Å²) < 4.78 is 38.8. The number of imide groups is 1. The Balaban J connectivity index is 1.59. The predicted octanol–water partition coefficient (Wildman–Crippen LogP) is 4.14. The standard InChI is InChI=1S/C21H11F3N2O4/c22-21(23,24)14-5-3-4-12(10-14)13-8-9-25-17(11-13)20(29)30-26-18(27)15-6-1-2-7-16(15)19(26)28/h1-11H. The minimum Gasteiger partial charge on any atom is -0.323 e. The van der Waals surface area contributed by atoms with Crippen molar-refractivity contribution in [2.75, 3.05) is 0 Å². The van der Waals surface area contributed by atoms with Gasteiger partial charge in [-0.15, -0.1) is 0 Å². The number of fused-ring (bicyclic) bond motifs is 1. The van der Waals surface area contributed by atoms with Crippen molar-refractivity contribution < 1.29 is 32.4 Å². The van der Waals surface area contributed by atoms with Gasteiger partial charge in [0.1, 0.15) is 0 Å². The minimum atomic E-state index is -4.52. The van der Waals surface area contributed by atoms with Gasteiger partial charge >= 0.3 is 12.1 Å². The van der Waals surface area contributed by atoms with Crippen molar-refractivity contribution in [3.05, 3.63) is 89.2 Å². The van der Waals surface area contributed by atoms with Crippen LogP contribution in [0.1, 0.15) is 36.8 Å². The topological polar surface area (TPSA) is 76.6 Å². The average molecular weight is 412 g/mol. The Labute approximate surface area is 167 Å². The Morgan fingerprint density at radius 1 is 0.867 bits per heavy atom. The molecule has 0 aliphatic carbocycles. The Morgan fingerprint density at radius 3 is 2.13 bits per heavy atom. The number of nitrogens with zero attached hydrogens (tertiary/aromatic N) is 2. The number of hydrogen-bond donors (Lipinski definition) is 0. The van der Waals surface area contributed by atoms with E-state index in [2.05, 4.69) is 4.98 Å². The Morgan fingerprint density at radius 2 is 1.50 bits per heavy atom. The third-order valence-electron chi connectivity index (χ3n) is 4.42. The zero-order valence-electron chi connectivity index (χ0n) is 15.0. The van der Waals surface area contributed by atoms with Crippen LogP contribution in [-0.4, -0.2) is 27.8 Å². The van der Waals surface area contributed by atoms with E-state index in [4.69, 9.17) is 4.84 Å². The number of pyridine rings is 1. The fourth-order valence-corrected chi connectivity index (χ4v) is 2.98. The molecule has 2 amide bonds. The number of aromatic nitrogens is 1. The first-order valence-electron chi connectivity index (χ1n) is 8.59. The third-order valence-corrected chi connectivity index (χ3v) is 4.42. The van der Waals surface area contributed by atoms with Gasteiger partial charge in [-0.05, 0) is 47.5 Å². The van der Waals surface area contributed by atoms with Gasteiger partial charge in [0.2, 0.25) is 0 Å². The van der Waals surface area contributed by atoms with E-state index < -0.39 is 29.5 Å². The van der Waals surface area contributed by atoms with Crippen molar-refractivity contribution >= 4 is 17.8 Å². The third kappa shape index (κ3) is 3.41. The molecule has 3 aromatic rings. The Kier molecular flexibility index (Phi) is 4.57. The molecule has 6 nitrogen and oxygen atoms in total. The molecule has 9 heteroatoms. The molecular weight excluding hydrogens is 401 g/mol. The summed E-state index contributed by atoms with van der Waals surface area (Å²) in [5.41, 5.74) is -0.428. The molecule has 0 unspecified atom stereocenters. The summed E-state index contributed by atoms with van der Waals surface area (Å²) in [7, 11) is 0. The smallest absolute Gasteiger partial charge is 0.323 e. The van der Waals surface area contributed by atoms with Crippen LogP contribution in [-0.2, 0) is 11.0 Å². The molecule has 0 saturated carbocycles. The van der Waals surface area contributed by atoms with Crippen molar-refractivity contribution in [1.82, 2.24) is 10.0 Å². The molecule has 0 atom stereocenters. The minimum absolute atomic E-state index is 0.0981. The molecule has 1 aliphatic heterocycles. The number of rotatable bonds is 3. The number of hydrogen-bond acceptors (Lipinski definition) is 5. The Hall–Kier alpha value is -4.01. The van der Waals surface area contributed by atoms with Gasteiger partial charge in [0.15, 0.2) is 5.69 Å². The van der Waals surface area contributed by atoms with Crippen molar-refractivity contribution in [2.24, 2.45) is 0 Å². The van der Waals surface area contributed by atoms with Crippen LogP contribution in [0.25, 0.3) is 11.1 Å². The van der Waals surface area contributed by atoms with Gasteiger partial charge in [-0.2, -0.15) is 13.2 Å². The highest BCUT2D eigenvalue weighted by Crippen LogP contribution is 2.32. The first-order chi connectivity index (χ1) is 14.3. The molecule has 0 fully saturated rings. The quantitative estimate of drug-likeness (QED) is 0.605. The summed E-state index contributed by atoms with van der Waals surface area (Å²) in [5.74, 6) is -2.69. The van der Waals surface area contributed by atoms with E-state index in [1.165, 1.54) is 42.6 Å². The highest BCUT2D eigenvalue weighted by molar-refractivity contribution is 6.21. The van der Waals surface area contributed by atoms with Crippen LogP contribution in [0.2, 0.25) is 0 Å². The van der Waals surface area contributed by atoms with Crippen LogP contribution in [0, 0.1) is 0 Å². The van der Waals surface area contributed by atoms with Crippen molar-refractivity contribution in [1.29, 1.82) is 0 Å². The molecule has 0 spiro atoms. The second kappa shape index (κ2) is 7.11. The van der Waals surface area contributed by atoms with Gasteiger partial charge in [-0.3, -0.25) is 9.59 Å². The summed E-state index contributed by atoms with van der Waals surface area (Å²) in [5, 5.41) is 0.339. The second-order valence-corrected chi connectivity index (χ2v) is 6.34. The van der Waals surface area contributed by atoms with E-state index in [-0.39, 0.29) is 27.9 Å². The molecule has 2 aromatic carbocycles. The van der Waals surface area contributed by atoms with Crippen molar-refractivity contribution in [3.8, 4) is 11.1 Å². The zero-order valence-corrected chi connectivity index (χ0v) is 15.0. The molecule has 1 aromatic heterocycles. The maximum atomic E-state index is 12.9. The summed E-state index contributed by atoms with van der Waals surface area (Å²) in [4.78, 5) is 45.8. The lowest BCUT2D eigenvalue weighted by atomic mass is 10.0. The summed E-state index contributed by atoms with van der Waals surface area (Å²) >= 11 is 0. The lowest BCUT2D eigenvalue weighted by molar-refractivity contribution is -0.137. The number of hydroxylamine groups is 2. The van der Waals surface area contributed by atoms with Gasteiger partial charge < -0.3 is 4.84 Å². The van der Waals surface area contributed by atoms with Crippen molar-refractivity contribution in [2.45, 2.75) is 6.18 Å². The number of alkyl halides is 3. The SMILES string of the molecule is O=C(ON1C(=O)c2ccccc2C1=O)c1cc(-c2cccc(C(F)(F)F)c2)ccn1. The molecule has 0 bridgehead atoms. The molecule has 4 rings (SSSR count). The molecule has 150 valence electrons. The van der Waals surface area contributed by atoms with E-state index in [1.54, 1.807) is 12.1 Å². The molecule has 0 saturated heterocycles. The van der Waals surface area contributed by atoms with E-state index >= 15 is 0 Å². The van der Waals surface area contributed by atoms with Gasteiger partial charge in [0.05, 0.1) is 16.7 Å². The summed E-state index contributed by atoms with van der Waals surface area (Å²) in [6.45, 7) is 0. The second-order valence-electron chi connectivity index (χ2n) is 6.34. The number of carbonyl (C=O) groups is 3. The number of halogens is 3. The molecule has 30 heavy (non-hydrogen) atoms. The van der Waals surface area contributed by atoms with Crippen LogP contribution in [0.3, 0.4) is 0 Å². The average Bonchev–Trinajstić information content (AvgIpc) is 2.98. The van der Waals surface area contributed by atoms with Crippen LogP contribution < -0.4 is 0 Å². The maximum Gasteiger partial charge on any atom is 0.416 e. The summed E-state index contributed by atoms with van der Waals surface area (Å²) in [6.07, 6.45) is -3.30. The van der Waals surface area contributed by atoms with Gasteiger partial charge in [-0.25, -0.2) is 9.78 Å². The first-order valence-corrected chi connectivity index (χ1v) is 8.59. The lowest BCUT2D eigenvalue weighted by Gasteiger charge is -2.13. The van der Waals surface area contributed by atoms with E-state index in [9.17, 15) is 27.6 Å². The molecular formula is C21H11F3N2O4. The van der Waals surface area contributed by atoms with Gasteiger partial charge in [0.25, 0.3) is 11.8 Å². The van der Waals surface area contributed by atoms with Gasteiger partial charge in [-0.1, -0.05) is 29.3 Å². The Bertz CT molecular complexity index is 1160. The molecule has 0 radical (unpaired) electrons. The molecule has 0 N–H and O–H groups in total. The summed E-state index contributed by atoms with van der Waals surface area (Å²) in [6, 6.07) is 13.2. The van der Waals surface area contributed by atoms with Crippen LogP contribution in [0.4, 0.5) is 13.2 Å². The fraction of sp³-hybridized carbons (Fsp3) is 0.0476. The number of amides is 2. The normalized spacial score (nSPS) is 13.4. The highest BCUT2D eigenvalue weighted by atomic mass is 19.4. The van der Waals surface area contributed by atoms with E-state index in [1.807, 2.05) is 0 Å². The fourth-order valence-electron chi connectivity index (χ4n) is 2.98. The van der Waals surface area contributed by atoms with Crippen LogP contribution >= 0.6 is 0 Å². The van der Waals surface area contributed by atoms with Crippen molar-refractivity contribution in [3.63, 3.8) is 0 Å². The number of carbonyl (C=O) groups excluding carboxylic acids is 3. The largest absolute Gasteiger partial charge is 0.416 e. The molecule has 1 aliphatic rings. The van der Waals surface area contributed by atoms with Crippen LogP contribution in [0.5, 0.6) is 0 Å². The molecule has 2 heterocycles. The van der Waals surface area contributed by atoms with E-state index in [0.29, 0.717) is 5.06 Å². The van der Waals surface area contributed by atoms with E-state index in [0.717, 1.165) is 12.1 Å². The zero-order chi connectivity index (χ0) is 21.5. The highest BCUT2D eigenvalue weighted by Gasteiger charge is 2.39. The first kappa shape index (κ1) is 19.3. The maximum absolute atomic E-state index is 12.9. The number of benzene rings is 2. The van der Waals surface area contributed by atoms with Crippen LogP contribution in [0.15, 0.2) is 66.9 Å². The predicted molar refractivity (Wildman–Crippen MR) is 97.0 cm³/mol. The lowest BCUT2D eigenvalue weighted by Crippen LogP contribution is -2.32. The van der Waals surface area contributed by atoms with Gasteiger partial charge in [0, 0.05) is 6.20 Å².